The van der Waals surface area contributed by atoms with Crippen LogP contribution in [0.15, 0.2) is 42.5 Å². The number of carbonyl (C=O) groups is 1. The van der Waals surface area contributed by atoms with Crippen molar-refractivity contribution in [2.75, 3.05) is 33.5 Å². The van der Waals surface area contributed by atoms with E-state index >= 15 is 0 Å². The molecule has 1 aliphatic heterocycles. The van der Waals surface area contributed by atoms with Crippen molar-refractivity contribution in [3.05, 3.63) is 48.0 Å². The fourth-order valence-electron chi connectivity index (χ4n) is 2.84. The number of hydrogen-bond donors (Lipinski definition) is 2. The Labute approximate surface area is 164 Å². The van der Waals surface area contributed by atoms with Crippen molar-refractivity contribution in [3.8, 4) is 23.0 Å². The molecular weight excluding hydrogens is 360 g/mol. The van der Waals surface area contributed by atoms with Crippen molar-refractivity contribution in [2.24, 2.45) is 0 Å². The molecule has 0 aromatic heterocycles. The van der Waals surface area contributed by atoms with Crippen LogP contribution in [-0.2, 0) is 0 Å². The smallest absolute Gasteiger partial charge is 0.315 e. The van der Waals surface area contributed by atoms with Gasteiger partial charge in [-0.05, 0) is 36.8 Å². The topological polar surface area (TPSA) is 78.1 Å². The van der Waals surface area contributed by atoms with Gasteiger partial charge in [0.05, 0.1) is 32.9 Å². The van der Waals surface area contributed by atoms with Gasteiger partial charge in [0.1, 0.15) is 6.61 Å². The number of fused-ring (bicyclic) bond motifs is 1. The van der Waals surface area contributed by atoms with E-state index in [1.807, 2.05) is 49.4 Å². The molecule has 0 saturated carbocycles. The first-order chi connectivity index (χ1) is 13.7. The maximum absolute atomic E-state index is 12.1. The molecule has 28 heavy (non-hydrogen) atoms. The summed E-state index contributed by atoms with van der Waals surface area (Å²) in [6.45, 7) is 3.92. The van der Waals surface area contributed by atoms with Crippen molar-refractivity contribution < 1.29 is 23.7 Å². The van der Waals surface area contributed by atoms with Crippen LogP contribution in [0.3, 0.4) is 0 Å². The predicted octanol–water partition coefficient (Wildman–Crippen LogP) is 3.30. The lowest BCUT2D eigenvalue weighted by Crippen LogP contribution is -2.39. The first kappa shape index (κ1) is 19.7. The van der Waals surface area contributed by atoms with E-state index in [2.05, 4.69) is 10.6 Å². The van der Waals surface area contributed by atoms with Gasteiger partial charge in [0.2, 0.25) is 0 Å². The van der Waals surface area contributed by atoms with Gasteiger partial charge in [-0.2, -0.15) is 0 Å². The predicted molar refractivity (Wildman–Crippen MR) is 105 cm³/mol. The molecular formula is C21H26N2O5. The van der Waals surface area contributed by atoms with Gasteiger partial charge in [0.25, 0.3) is 0 Å². The molecule has 0 bridgehead atoms. The second-order valence-electron chi connectivity index (χ2n) is 6.38. The molecule has 0 radical (unpaired) electrons. The Morgan fingerprint density at radius 3 is 2.64 bits per heavy atom. The highest BCUT2D eigenvalue weighted by Gasteiger charge is 2.15. The van der Waals surface area contributed by atoms with Crippen molar-refractivity contribution >= 4 is 6.03 Å². The molecule has 2 N–H and O–H groups in total. The van der Waals surface area contributed by atoms with Gasteiger partial charge in [0, 0.05) is 6.42 Å². The molecule has 1 atom stereocenters. The minimum atomic E-state index is -0.261. The van der Waals surface area contributed by atoms with Crippen molar-refractivity contribution in [2.45, 2.75) is 19.4 Å². The number of hydrogen-bond acceptors (Lipinski definition) is 5. The van der Waals surface area contributed by atoms with E-state index in [9.17, 15) is 4.79 Å². The average molecular weight is 386 g/mol. The standard InChI is InChI=1S/C21H26N2O5/c1-15(16-8-9-19-20(14-16)27-12-5-11-26-19)23-21(24)22-10-13-28-18-7-4-3-6-17(18)25-2/h3-4,6-9,14-15H,5,10-13H2,1-2H3,(H2,22,23,24). The molecule has 7 heteroatoms. The molecule has 0 fully saturated rings. The monoisotopic (exact) mass is 386 g/mol. The highest BCUT2D eigenvalue weighted by molar-refractivity contribution is 5.74. The Hall–Kier alpha value is -3.09. The van der Waals surface area contributed by atoms with E-state index in [0.29, 0.717) is 43.6 Å². The highest BCUT2D eigenvalue weighted by Crippen LogP contribution is 2.32. The third kappa shape index (κ3) is 5.22. The van der Waals surface area contributed by atoms with E-state index in [0.717, 1.165) is 17.7 Å². The number of benzene rings is 2. The number of para-hydroxylation sites is 2. The minimum Gasteiger partial charge on any atom is -0.493 e. The summed E-state index contributed by atoms with van der Waals surface area (Å²) in [6.07, 6.45) is 0.858. The number of methoxy groups -OCH3 is 1. The Morgan fingerprint density at radius 1 is 1.11 bits per heavy atom. The van der Waals surface area contributed by atoms with Crippen LogP contribution in [0.1, 0.15) is 24.9 Å². The molecule has 0 spiro atoms. The Morgan fingerprint density at radius 2 is 1.86 bits per heavy atom. The minimum absolute atomic E-state index is 0.174. The summed E-state index contributed by atoms with van der Waals surface area (Å²) in [5.41, 5.74) is 0.949. The van der Waals surface area contributed by atoms with Gasteiger partial charge in [-0.3, -0.25) is 0 Å². The zero-order valence-corrected chi connectivity index (χ0v) is 16.2. The normalized spacial score (nSPS) is 13.8. The van der Waals surface area contributed by atoms with Crippen LogP contribution < -0.4 is 29.6 Å². The zero-order valence-electron chi connectivity index (χ0n) is 16.2. The third-order valence-corrected chi connectivity index (χ3v) is 4.33. The fraction of sp³-hybridized carbons (Fsp3) is 0.381. The molecule has 1 unspecified atom stereocenters. The van der Waals surface area contributed by atoms with Crippen molar-refractivity contribution in [1.82, 2.24) is 10.6 Å². The van der Waals surface area contributed by atoms with Gasteiger partial charge in [-0.1, -0.05) is 18.2 Å². The first-order valence-electron chi connectivity index (χ1n) is 9.37. The summed E-state index contributed by atoms with van der Waals surface area (Å²) in [5, 5.41) is 5.70. The van der Waals surface area contributed by atoms with Crippen LogP contribution in [0.25, 0.3) is 0 Å². The van der Waals surface area contributed by atoms with Gasteiger partial charge >= 0.3 is 6.03 Å². The van der Waals surface area contributed by atoms with E-state index in [1.54, 1.807) is 7.11 Å². The number of rotatable bonds is 7. The number of carbonyl (C=O) groups excluding carboxylic acids is 1. The van der Waals surface area contributed by atoms with Crippen LogP contribution in [0.5, 0.6) is 23.0 Å². The van der Waals surface area contributed by atoms with E-state index in [-0.39, 0.29) is 12.1 Å². The van der Waals surface area contributed by atoms with Crippen LogP contribution in [0, 0.1) is 0 Å². The number of nitrogens with one attached hydrogen (secondary N) is 2. The Kier molecular flexibility index (Phi) is 6.84. The van der Waals surface area contributed by atoms with Crippen LogP contribution in [-0.4, -0.2) is 39.5 Å². The molecule has 150 valence electrons. The summed E-state index contributed by atoms with van der Waals surface area (Å²) < 4.78 is 22.2. The van der Waals surface area contributed by atoms with Gasteiger partial charge in [-0.15, -0.1) is 0 Å². The molecule has 2 amide bonds. The van der Waals surface area contributed by atoms with Gasteiger partial charge in [-0.25, -0.2) is 4.79 Å². The Balaban J connectivity index is 1.45. The summed E-state index contributed by atoms with van der Waals surface area (Å²) in [6, 6.07) is 12.7. The van der Waals surface area contributed by atoms with E-state index < -0.39 is 0 Å². The molecule has 0 aliphatic carbocycles. The average Bonchev–Trinajstić information content (AvgIpc) is 2.96. The third-order valence-electron chi connectivity index (χ3n) is 4.33. The van der Waals surface area contributed by atoms with E-state index in [4.69, 9.17) is 18.9 Å². The van der Waals surface area contributed by atoms with Crippen molar-refractivity contribution in [3.63, 3.8) is 0 Å². The summed E-state index contributed by atoms with van der Waals surface area (Å²) in [4.78, 5) is 12.1. The summed E-state index contributed by atoms with van der Waals surface area (Å²) in [7, 11) is 1.59. The summed E-state index contributed by atoms with van der Waals surface area (Å²) >= 11 is 0. The number of amides is 2. The van der Waals surface area contributed by atoms with Crippen molar-refractivity contribution in [1.29, 1.82) is 0 Å². The lowest BCUT2D eigenvalue weighted by molar-refractivity contribution is 0.232. The molecule has 7 nitrogen and oxygen atoms in total. The first-order valence-corrected chi connectivity index (χ1v) is 9.37. The number of urea groups is 1. The van der Waals surface area contributed by atoms with Crippen LogP contribution in [0.2, 0.25) is 0 Å². The molecule has 3 rings (SSSR count). The lowest BCUT2D eigenvalue weighted by atomic mass is 10.1. The second kappa shape index (κ2) is 9.73. The van der Waals surface area contributed by atoms with Crippen LogP contribution in [0.4, 0.5) is 4.79 Å². The maximum atomic E-state index is 12.1. The molecule has 1 aliphatic rings. The maximum Gasteiger partial charge on any atom is 0.315 e. The molecule has 2 aromatic rings. The largest absolute Gasteiger partial charge is 0.493 e. The molecule has 1 heterocycles. The summed E-state index contributed by atoms with van der Waals surface area (Å²) in [5.74, 6) is 2.77. The lowest BCUT2D eigenvalue weighted by Gasteiger charge is -2.17. The fourth-order valence-corrected chi connectivity index (χ4v) is 2.84. The van der Waals surface area contributed by atoms with Gasteiger partial charge < -0.3 is 29.6 Å². The quantitative estimate of drug-likeness (QED) is 0.714. The zero-order chi connectivity index (χ0) is 19.8. The van der Waals surface area contributed by atoms with Gasteiger partial charge in [0.15, 0.2) is 23.0 Å². The van der Waals surface area contributed by atoms with E-state index in [1.165, 1.54) is 0 Å². The molecule has 2 aromatic carbocycles. The Bertz CT molecular complexity index is 796. The highest BCUT2D eigenvalue weighted by atomic mass is 16.5. The SMILES string of the molecule is COc1ccccc1OCCNC(=O)NC(C)c1ccc2c(c1)OCCCO2. The number of ether oxygens (including phenoxy) is 4. The molecule has 0 saturated heterocycles. The second-order valence-corrected chi connectivity index (χ2v) is 6.38. The van der Waals surface area contributed by atoms with Crippen LogP contribution >= 0.6 is 0 Å².